The summed E-state index contributed by atoms with van der Waals surface area (Å²) in [5, 5.41) is 0. The van der Waals surface area contributed by atoms with E-state index in [1.54, 1.807) is 6.21 Å². The summed E-state index contributed by atoms with van der Waals surface area (Å²) in [7, 11) is -1.23. The fraction of sp³-hybridized carbons (Fsp3) is 0.500. The van der Waals surface area contributed by atoms with Crippen LogP contribution < -0.4 is 0 Å². The molecule has 1 rings (SSSR count). The molecule has 0 amide bonds. The number of unbranched alkanes of at least 4 members (excludes halogenated alkanes) is 4. The Labute approximate surface area is 107 Å². The van der Waals surface area contributed by atoms with Gasteiger partial charge in [-0.25, -0.2) is 4.21 Å². The van der Waals surface area contributed by atoms with E-state index in [0.29, 0.717) is 0 Å². The maximum atomic E-state index is 11.8. The number of benzene rings is 1. The Morgan fingerprint density at radius 3 is 2.53 bits per heavy atom. The zero-order valence-corrected chi connectivity index (χ0v) is 11.5. The summed E-state index contributed by atoms with van der Waals surface area (Å²) >= 11 is 0. The Kier molecular flexibility index (Phi) is 6.78. The van der Waals surface area contributed by atoms with Crippen molar-refractivity contribution in [3.05, 3.63) is 29.8 Å². The maximum absolute atomic E-state index is 11.8. The van der Waals surface area contributed by atoms with Gasteiger partial charge in [0.25, 0.3) is 0 Å². The van der Waals surface area contributed by atoms with Gasteiger partial charge in [-0.05, 0) is 31.9 Å². The highest BCUT2D eigenvalue weighted by Crippen LogP contribution is 2.09. The lowest BCUT2D eigenvalue weighted by Gasteiger charge is -1.97. The van der Waals surface area contributed by atoms with Gasteiger partial charge in [-0.2, -0.15) is 4.40 Å². The molecule has 0 fully saturated rings. The average molecular weight is 251 g/mol. The fourth-order valence-corrected chi connectivity index (χ4v) is 2.23. The Balaban J connectivity index is 2.33. The number of aryl methyl sites for hydroxylation is 1. The lowest BCUT2D eigenvalue weighted by molar-refractivity contribution is 0.681. The predicted molar refractivity (Wildman–Crippen MR) is 74.8 cm³/mol. The average Bonchev–Trinajstić information content (AvgIpc) is 2.34. The smallest absolute Gasteiger partial charge is 0.172 e. The summed E-state index contributed by atoms with van der Waals surface area (Å²) < 4.78 is 15.8. The minimum atomic E-state index is -1.23. The zero-order chi connectivity index (χ0) is 12.5. The van der Waals surface area contributed by atoms with Crippen molar-refractivity contribution in [2.75, 3.05) is 0 Å². The van der Waals surface area contributed by atoms with E-state index in [1.165, 1.54) is 24.8 Å². The van der Waals surface area contributed by atoms with E-state index in [0.717, 1.165) is 17.7 Å². The molecule has 1 atom stereocenters. The van der Waals surface area contributed by atoms with Crippen molar-refractivity contribution >= 4 is 17.2 Å². The van der Waals surface area contributed by atoms with Crippen molar-refractivity contribution in [3.63, 3.8) is 0 Å². The Bertz CT molecular complexity index is 370. The molecule has 0 N–H and O–H groups in total. The normalized spacial score (nSPS) is 13.1. The SMILES string of the molecule is CCCCCCC=NS(=O)c1ccc(C)cc1. The molecular weight excluding hydrogens is 230 g/mol. The van der Waals surface area contributed by atoms with Crippen LogP contribution in [0.5, 0.6) is 0 Å². The van der Waals surface area contributed by atoms with Crippen LogP contribution in [0.15, 0.2) is 33.6 Å². The van der Waals surface area contributed by atoms with Crippen LogP contribution in [-0.2, 0) is 11.0 Å². The molecule has 0 heterocycles. The second kappa shape index (κ2) is 8.18. The van der Waals surface area contributed by atoms with Crippen molar-refractivity contribution in [2.45, 2.75) is 50.8 Å². The van der Waals surface area contributed by atoms with E-state index in [9.17, 15) is 4.21 Å². The third-order valence-corrected chi connectivity index (χ3v) is 3.60. The van der Waals surface area contributed by atoms with E-state index in [-0.39, 0.29) is 0 Å². The molecule has 2 nitrogen and oxygen atoms in total. The number of nitrogens with zero attached hydrogens (tertiary/aromatic N) is 1. The van der Waals surface area contributed by atoms with Crippen LogP contribution in [-0.4, -0.2) is 10.4 Å². The molecule has 0 aliphatic carbocycles. The van der Waals surface area contributed by atoms with E-state index in [1.807, 2.05) is 31.2 Å². The Morgan fingerprint density at radius 2 is 1.88 bits per heavy atom. The largest absolute Gasteiger partial charge is 0.230 e. The number of hydrogen-bond acceptors (Lipinski definition) is 1. The molecule has 1 aromatic rings. The van der Waals surface area contributed by atoms with Crippen molar-refractivity contribution in [1.29, 1.82) is 0 Å². The van der Waals surface area contributed by atoms with Crippen LogP contribution in [0.3, 0.4) is 0 Å². The van der Waals surface area contributed by atoms with Crippen molar-refractivity contribution in [1.82, 2.24) is 0 Å². The minimum absolute atomic E-state index is 0.778. The van der Waals surface area contributed by atoms with Gasteiger partial charge in [0.2, 0.25) is 0 Å². The lowest BCUT2D eigenvalue weighted by atomic mass is 10.2. The van der Waals surface area contributed by atoms with Crippen LogP contribution in [0.25, 0.3) is 0 Å². The standard InChI is InChI=1S/C14H21NOS/c1-3-4-5-6-7-12-15-17(16)14-10-8-13(2)9-11-14/h8-12H,3-7H2,1-2H3. The molecule has 1 aromatic carbocycles. The van der Waals surface area contributed by atoms with E-state index in [4.69, 9.17) is 0 Å². The third-order valence-electron chi connectivity index (χ3n) is 2.58. The molecule has 3 heteroatoms. The predicted octanol–water partition coefficient (Wildman–Crippen LogP) is 4.06. The van der Waals surface area contributed by atoms with Gasteiger partial charge >= 0.3 is 0 Å². The molecule has 0 radical (unpaired) electrons. The van der Waals surface area contributed by atoms with Crippen molar-refractivity contribution in [2.24, 2.45) is 4.40 Å². The molecule has 0 bridgehead atoms. The maximum Gasteiger partial charge on any atom is 0.172 e. The first kappa shape index (κ1) is 14.1. The van der Waals surface area contributed by atoms with Crippen LogP contribution in [0.2, 0.25) is 0 Å². The van der Waals surface area contributed by atoms with Crippen molar-refractivity contribution < 1.29 is 4.21 Å². The van der Waals surface area contributed by atoms with Crippen LogP contribution in [0.4, 0.5) is 0 Å². The molecule has 0 saturated carbocycles. The summed E-state index contributed by atoms with van der Waals surface area (Å²) in [6.07, 6.45) is 7.62. The van der Waals surface area contributed by atoms with E-state index < -0.39 is 11.0 Å². The van der Waals surface area contributed by atoms with Gasteiger partial charge in [0, 0.05) is 6.21 Å². The van der Waals surface area contributed by atoms with Crippen molar-refractivity contribution in [3.8, 4) is 0 Å². The molecular formula is C14H21NOS. The minimum Gasteiger partial charge on any atom is -0.230 e. The summed E-state index contributed by atoms with van der Waals surface area (Å²) in [6, 6.07) is 7.67. The third kappa shape index (κ3) is 5.78. The first-order valence-electron chi connectivity index (χ1n) is 6.25. The number of hydrogen-bond donors (Lipinski definition) is 0. The second-order valence-electron chi connectivity index (χ2n) is 4.20. The van der Waals surface area contributed by atoms with Gasteiger partial charge in [0.1, 0.15) is 0 Å². The van der Waals surface area contributed by atoms with Crippen LogP contribution >= 0.6 is 0 Å². The second-order valence-corrected chi connectivity index (χ2v) is 5.38. The molecule has 0 aromatic heterocycles. The van der Waals surface area contributed by atoms with E-state index >= 15 is 0 Å². The molecule has 0 spiro atoms. The molecule has 0 aliphatic heterocycles. The van der Waals surface area contributed by atoms with Crippen LogP contribution in [0.1, 0.15) is 44.6 Å². The number of rotatable bonds is 7. The highest BCUT2D eigenvalue weighted by molar-refractivity contribution is 7.83. The van der Waals surface area contributed by atoms with Gasteiger partial charge < -0.3 is 0 Å². The monoisotopic (exact) mass is 251 g/mol. The first-order valence-corrected chi connectivity index (χ1v) is 7.36. The molecule has 94 valence electrons. The highest BCUT2D eigenvalue weighted by Gasteiger charge is 1.99. The van der Waals surface area contributed by atoms with Gasteiger partial charge in [0.15, 0.2) is 11.0 Å². The van der Waals surface area contributed by atoms with E-state index in [2.05, 4.69) is 11.3 Å². The van der Waals surface area contributed by atoms with Crippen LogP contribution in [0, 0.1) is 6.92 Å². The van der Waals surface area contributed by atoms with Gasteiger partial charge in [0.05, 0.1) is 4.90 Å². The summed E-state index contributed by atoms with van der Waals surface area (Å²) in [5.74, 6) is 0. The molecule has 0 aliphatic rings. The Morgan fingerprint density at radius 1 is 1.18 bits per heavy atom. The highest BCUT2D eigenvalue weighted by atomic mass is 32.2. The fourth-order valence-electron chi connectivity index (χ4n) is 1.50. The van der Waals surface area contributed by atoms with Gasteiger partial charge in [-0.3, -0.25) is 0 Å². The topological polar surface area (TPSA) is 29.4 Å². The first-order chi connectivity index (χ1) is 8.24. The summed E-state index contributed by atoms with van der Waals surface area (Å²) in [5.41, 5.74) is 1.18. The molecule has 17 heavy (non-hydrogen) atoms. The van der Waals surface area contributed by atoms with Gasteiger partial charge in [-0.15, -0.1) is 0 Å². The Hall–Kier alpha value is -0.960. The molecule has 0 saturated heterocycles. The summed E-state index contributed by atoms with van der Waals surface area (Å²) in [4.78, 5) is 0.778. The summed E-state index contributed by atoms with van der Waals surface area (Å²) in [6.45, 7) is 4.21. The molecule has 1 unspecified atom stereocenters. The quantitative estimate of drug-likeness (QED) is 0.531. The lowest BCUT2D eigenvalue weighted by Crippen LogP contribution is -1.88. The van der Waals surface area contributed by atoms with Gasteiger partial charge in [-0.1, -0.05) is 43.9 Å². The zero-order valence-electron chi connectivity index (χ0n) is 10.7.